The topological polar surface area (TPSA) is 79.3 Å². The van der Waals surface area contributed by atoms with Crippen LogP contribution in [0.4, 0.5) is 16.6 Å². The largest absolute Gasteiger partial charge is 0.377 e. The van der Waals surface area contributed by atoms with E-state index in [2.05, 4.69) is 51.1 Å². The number of aromatic nitrogens is 4. The number of ether oxygens (including phenoxy) is 1. The highest BCUT2D eigenvalue weighted by atomic mass is 32.1. The van der Waals surface area contributed by atoms with Crippen LogP contribution >= 0.6 is 11.3 Å². The molecular formula is C25H29N7OS. The highest BCUT2D eigenvalue weighted by Gasteiger charge is 2.18. The van der Waals surface area contributed by atoms with Crippen LogP contribution < -0.4 is 10.2 Å². The maximum atomic E-state index is 5.70. The van der Waals surface area contributed by atoms with Crippen LogP contribution in [-0.2, 0) is 4.74 Å². The first-order valence-electron chi connectivity index (χ1n) is 11.6. The minimum absolute atomic E-state index is 0.290. The van der Waals surface area contributed by atoms with E-state index in [0.717, 1.165) is 71.9 Å². The Kier molecular flexibility index (Phi) is 6.94. The number of fused-ring (bicyclic) bond motifs is 1. The van der Waals surface area contributed by atoms with E-state index >= 15 is 0 Å². The Hall–Kier alpha value is -3.14. The lowest BCUT2D eigenvalue weighted by atomic mass is 10.2. The summed E-state index contributed by atoms with van der Waals surface area (Å²) in [5.74, 6) is 0.790. The molecule has 8 nitrogen and oxygen atoms in total. The first kappa shape index (κ1) is 22.6. The minimum Gasteiger partial charge on any atom is -0.377 e. The molecule has 0 amide bonds. The molecule has 4 aromatic rings. The average Bonchev–Trinajstić information content (AvgIpc) is 3.26. The van der Waals surface area contributed by atoms with Crippen molar-refractivity contribution in [3.05, 3.63) is 55.0 Å². The predicted octanol–water partition coefficient (Wildman–Crippen LogP) is 4.44. The third-order valence-corrected chi connectivity index (χ3v) is 6.69. The molecule has 0 radical (unpaired) electrons. The van der Waals surface area contributed by atoms with Crippen LogP contribution in [0.15, 0.2) is 55.0 Å². The summed E-state index contributed by atoms with van der Waals surface area (Å²) in [7, 11) is 0. The number of nitrogens with zero attached hydrogens (tertiary/aromatic N) is 6. The summed E-state index contributed by atoms with van der Waals surface area (Å²) in [5.41, 5.74) is 4.01. The van der Waals surface area contributed by atoms with Crippen molar-refractivity contribution in [1.29, 1.82) is 0 Å². The molecule has 34 heavy (non-hydrogen) atoms. The molecule has 0 atom stereocenters. The molecule has 1 aliphatic heterocycles. The molecule has 0 spiro atoms. The third kappa shape index (κ3) is 5.49. The summed E-state index contributed by atoms with van der Waals surface area (Å²) < 4.78 is 5.70. The van der Waals surface area contributed by atoms with E-state index in [0.29, 0.717) is 6.10 Å². The van der Waals surface area contributed by atoms with Crippen LogP contribution in [-0.4, -0.2) is 70.3 Å². The molecule has 1 fully saturated rings. The normalized spacial score (nSPS) is 14.7. The Morgan fingerprint density at radius 2 is 1.82 bits per heavy atom. The zero-order valence-electron chi connectivity index (χ0n) is 19.5. The smallest absolute Gasteiger partial charge is 0.190 e. The number of hydrogen-bond acceptors (Lipinski definition) is 9. The molecule has 1 N–H and O–H groups in total. The number of piperazine rings is 1. The van der Waals surface area contributed by atoms with E-state index in [4.69, 9.17) is 14.7 Å². The van der Waals surface area contributed by atoms with Crippen molar-refractivity contribution in [2.75, 3.05) is 49.5 Å². The van der Waals surface area contributed by atoms with Crippen molar-refractivity contribution in [3.8, 4) is 11.3 Å². The highest BCUT2D eigenvalue weighted by Crippen LogP contribution is 2.30. The van der Waals surface area contributed by atoms with Gasteiger partial charge in [0, 0.05) is 68.6 Å². The number of hydrogen-bond donors (Lipinski definition) is 1. The van der Waals surface area contributed by atoms with Crippen molar-refractivity contribution < 1.29 is 4.74 Å². The van der Waals surface area contributed by atoms with E-state index in [-0.39, 0.29) is 0 Å². The average molecular weight is 476 g/mol. The highest BCUT2D eigenvalue weighted by molar-refractivity contribution is 7.21. The van der Waals surface area contributed by atoms with Gasteiger partial charge in [0.05, 0.1) is 18.4 Å². The van der Waals surface area contributed by atoms with Crippen molar-refractivity contribution in [1.82, 2.24) is 24.8 Å². The molecule has 0 saturated carbocycles. The monoisotopic (exact) mass is 475 g/mol. The van der Waals surface area contributed by atoms with Crippen LogP contribution in [0.3, 0.4) is 0 Å². The number of anilines is 3. The summed E-state index contributed by atoms with van der Waals surface area (Å²) in [6.07, 6.45) is 5.70. The Bertz CT molecular complexity index is 1220. The van der Waals surface area contributed by atoms with Gasteiger partial charge in [-0.15, -0.1) is 0 Å². The lowest BCUT2D eigenvalue weighted by Gasteiger charge is -2.36. The Morgan fingerprint density at radius 1 is 1.00 bits per heavy atom. The molecule has 0 aliphatic carbocycles. The fourth-order valence-electron chi connectivity index (χ4n) is 4.00. The van der Waals surface area contributed by atoms with Crippen LogP contribution in [0.2, 0.25) is 0 Å². The van der Waals surface area contributed by atoms with Gasteiger partial charge in [0.2, 0.25) is 0 Å². The van der Waals surface area contributed by atoms with Gasteiger partial charge < -0.3 is 15.0 Å². The van der Waals surface area contributed by atoms with Gasteiger partial charge in [-0.1, -0.05) is 11.3 Å². The van der Waals surface area contributed by atoms with Crippen LogP contribution in [0.5, 0.6) is 0 Å². The van der Waals surface area contributed by atoms with Crippen molar-refractivity contribution in [2.45, 2.75) is 20.0 Å². The first-order chi connectivity index (χ1) is 16.6. The summed E-state index contributed by atoms with van der Waals surface area (Å²) in [5, 5.41) is 4.16. The number of rotatable bonds is 8. The van der Waals surface area contributed by atoms with E-state index < -0.39 is 0 Å². The summed E-state index contributed by atoms with van der Waals surface area (Å²) in [6.45, 7) is 10.0. The van der Waals surface area contributed by atoms with Crippen molar-refractivity contribution in [2.24, 2.45) is 0 Å². The zero-order valence-corrected chi connectivity index (χ0v) is 20.3. The molecular weight excluding hydrogens is 446 g/mol. The maximum Gasteiger partial charge on any atom is 0.190 e. The summed E-state index contributed by atoms with van der Waals surface area (Å²) in [6, 6.07) is 12.1. The number of nitrogens with one attached hydrogen (secondary N) is 1. The molecule has 5 rings (SSSR count). The zero-order chi connectivity index (χ0) is 23.3. The fraction of sp³-hybridized carbons (Fsp3) is 0.360. The number of pyridine rings is 3. The van der Waals surface area contributed by atoms with E-state index in [1.165, 1.54) is 17.0 Å². The minimum atomic E-state index is 0.290. The standard InChI is InChI=1S/C25H29N7OS/c1-18(2)33-16-15-31-11-13-32(14-12-31)20-7-10-27-23(17-20)30-25-29-22-4-3-21(28-24(22)34-25)19-5-8-26-9-6-19/h3-10,17-18H,11-16H2,1-2H3,(H,27,29,30). The maximum absolute atomic E-state index is 5.70. The Morgan fingerprint density at radius 3 is 2.62 bits per heavy atom. The summed E-state index contributed by atoms with van der Waals surface area (Å²) >= 11 is 1.53. The first-order valence-corrected chi connectivity index (χ1v) is 12.5. The van der Waals surface area contributed by atoms with Crippen LogP contribution in [0.25, 0.3) is 21.6 Å². The van der Waals surface area contributed by atoms with Crippen LogP contribution in [0, 0.1) is 0 Å². The van der Waals surface area contributed by atoms with E-state index in [1.807, 2.05) is 30.5 Å². The van der Waals surface area contributed by atoms with Gasteiger partial charge in [-0.25, -0.2) is 15.0 Å². The van der Waals surface area contributed by atoms with Crippen molar-refractivity contribution in [3.63, 3.8) is 0 Å². The van der Waals surface area contributed by atoms with Gasteiger partial charge >= 0.3 is 0 Å². The molecule has 1 saturated heterocycles. The van der Waals surface area contributed by atoms with Gasteiger partial charge in [0.15, 0.2) is 5.13 Å². The molecule has 0 bridgehead atoms. The molecule has 0 aromatic carbocycles. The lowest BCUT2D eigenvalue weighted by Crippen LogP contribution is -2.47. The van der Waals surface area contributed by atoms with Crippen molar-refractivity contribution >= 4 is 38.3 Å². The fourth-order valence-corrected chi connectivity index (χ4v) is 4.84. The molecule has 4 aromatic heterocycles. The van der Waals surface area contributed by atoms with Gasteiger partial charge in [-0.05, 0) is 44.2 Å². The second-order valence-electron chi connectivity index (χ2n) is 8.55. The van der Waals surface area contributed by atoms with E-state index in [1.54, 1.807) is 12.4 Å². The van der Waals surface area contributed by atoms with Gasteiger partial charge in [-0.2, -0.15) is 0 Å². The number of thiazole rings is 1. The molecule has 0 unspecified atom stereocenters. The summed E-state index contributed by atoms with van der Waals surface area (Å²) in [4.78, 5) is 23.8. The third-order valence-electron chi connectivity index (χ3n) is 5.81. The predicted molar refractivity (Wildman–Crippen MR) is 138 cm³/mol. The Balaban J connectivity index is 1.23. The van der Waals surface area contributed by atoms with Gasteiger partial charge in [0.25, 0.3) is 0 Å². The molecule has 9 heteroatoms. The molecule has 176 valence electrons. The Labute approximate surface area is 203 Å². The molecule has 5 heterocycles. The SMILES string of the molecule is CC(C)OCCN1CCN(c2ccnc(Nc3nc4ccc(-c5ccncc5)nc4s3)c2)CC1. The van der Waals surface area contributed by atoms with Gasteiger partial charge in [0.1, 0.15) is 16.2 Å². The van der Waals surface area contributed by atoms with Gasteiger partial charge in [-0.3, -0.25) is 9.88 Å². The second kappa shape index (κ2) is 10.4. The lowest BCUT2D eigenvalue weighted by molar-refractivity contribution is 0.0579. The second-order valence-corrected chi connectivity index (χ2v) is 9.53. The van der Waals surface area contributed by atoms with E-state index in [9.17, 15) is 0 Å². The van der Waals surface area contributed by atoms with Crippen LogP contribution in [0.1, 0.15) is 13.8 Å². The quantitative estimate of drug-likeness (QED) is 0.401. The molecule has 1 aliphatic rings.